The van der Waals surface area contributed by atoms with Gasteiger partial charge >= 0.3 is 6.18 Å². The highest BCUT2D eigenvalue weighted by atomic mass is 79.9. The van der Waals surface area contributed by atoms with E-state index in [4.69, 9.17) is 5.26 Å². The number of benzene rings is 1. The predicted molar refractivity (Wildman–Crippen MR) is 62.6 cm³/mol. The fourth-order valence-electron chi connectivity index (χ4n) is 1.42. The van der Waals surface area contributed by atoms with E-state index in [0.717, 1.165) is 0 Å². The first-order valence-corrected chi connectivity index (χ1v) is 5.64. The fraction of sp³-hybridized carbons (Fsp3) is 0.364. The van der Waals surface area contributed by atoms with E-state index in [9.17, 15) is 13.2 Å². The maximum absolute atomic E-state index is 12.2. The number of hydrogen-bond donors (Lipinski definition) is 1. The van der Waals surface area contributed by atoms with Gasteiger partial charge in [0, 0.05) is 10.5 Å². The Balaban J connectivity index is 2.83. The molecule has 0 aliphatic heterocycles. The summed E-state index contributed by atoms with van der Waals surface area (Å²) in [4.78, 5) is 0. The van der Waals surface area contributed by atoms with Gasteiger partial charge in [-0.2, -0.15) is 18.4 Å². The molecule has 1 N–H and O–H groups in total. The number of nitriles is 1. The second-order valence-corrected chi connectivity index (χ2v) is 4.49. The second-order valence-electron chi connectivity index (χ2n) is 3.64. The third kappa shape index (κ3) is 4.27. The van der Waals surface area contributed by atoms with E-state index < -0.39 is 18.6 Å². The molecule has 0 amide bonds. The Morgan fingerprint density at radius 1 is 1.47 bits per heavy atom. The van der Waals surface area contributed by atoms with Crippen LogP contribution in [0.1, 0.15) is 18.9 Å². The molecule has 1 rings (SSSR count). The lowest BCUT2D eigenvalue weighted by molar-refractivity contribution is -0.136. The Morgan fingerprint density at radius 2 is 2.12 bits per heavy atom. The van der Waals surface area contributed by atoms with Gasteiger partial charge in [-0.1, -0.05) is 6.07 Å². The molecule has 0 spiro atoms. The molecule has 0 aliphatic carbocycles. The molecular formula is C11H10BrF3N2. The maximum Gasteiger partial charge on any atom is 0.391 e. The number of halogens is 4. The van der Waals surface area contributed by atoms with Gasteiger partial charge < -0.3 is 5.32 Å². The Morgan fingerprint density at radius 3 is 2.65 bits per heavy atom. The molecule has 0 fully saturated rings. The lowest BCUT2D eigenvalue weighted by Gasteiger charge is -2.18. The molecule has 1 atom stereocenters. The average Bonchev–Trinajstić information content (AvgIpc) is 2.14. The largest absolute Gasteiger partial charge is 0.391 e. The predicted octanol–water partition coefficient (Wildman–Crippen LogP) is 4.07. The van der Waals surface area contributed by atoms with E-state index in [1.54, 1.807) is 18.2 Å². The van der Waals surface area contributed by atoms with Crippen molar-refractivity contribution in [1.82, 2.24) is 0 Å². The molecular weight excluding hydrogens is 297 g/mol. The zero-order chi connectivity index (χ0) is 13.1. The molecule has 0 saturated heterocycles. The maximum atomic E-state index is 12.2. The van der Waals surface area contributed by atoms with Crippen LogP contribution in [0.25, 0.3) is 0 Å². The summed E-state index contributed by atoms with van der Waals surface area (Å²) in [5.74, 6) is 0. The number of hydrogen-bond acceptors (Lipinski definition) is 2. The quantitative estimate of drug-likeness (QED) is 0.913. The highest BCUT2D eigenvalue weighted by Crippen LogP contribution is 2.27. The van der Waals surface area contributed by atoms with Crippen LogP contribution in [0.3, 0.4) is 0 Å². The number of nitrogens with one attached hydrogen (secondary N) is 1. The summed E-state index contributed by atoms with van der Waals surface area (Å²) in [6.45, 7) is 1.43. The van der Waals surface area contributed by atoms with Crippen molar-refractivity contribution < 1.29 is 13.2 Å². The molecule has 0 radical (unpaired) electrons. The zero-order valence-corrected chi connectivity index (χ0v) is 10.6. The van der Waals surface area contributed by atoms with Crippen molar-refractivity contribution in [2.75, 3.05) is 5.32 Å². The summed E-state index contributed by atoms with van der Waals surface area (Å²) in [5.41, 5.74) is 0.708. The molecule has 92 valence electrons. The van der Waals surface area contributed by atoms with Crippen LogP contribution in [0, 0.1) is 11.3 Å². The lowest BCUT2D eigenvalue weighted by atomic mass is 10.1. The molecule has 2 nitrogen and oxygen atoms in total. The van der Waals surface area contributed by atoms with Crippen LogP contribution >= 0.6 is 15.9 Å². The Bertz CT molecular complexity index is 437. The number of anilines is 1. The van der Waals surface area contributed by atoms with Gasteiger partial charge in [-0.15, -0.1) is 0 Å². The van der Waals surface area contributed by atoms with E-state index in [1.165, 1.54) is 6.92 Å². The molecule has 6 heteroatoms. The van der Waals surface area contributed by atoms with E-state index in [1.807, 2.05) is 6.07 Å². The summed E-state index contributed by atoms with van der Waals surface area (Å²) in [7, 11) is 0. The first kappa shape index (κ1) is 13.8. The van der Waals surface area contributed by atoms with Gasteiger partial charge in [-0.05, 0) is 35.0 Å². The minimum atomic E-state index is -4.22. The average molecular weight is 307 g/mol. The third-order valence-corrected chi connectivity index (χ3v) is 2.73. The van der Waals surface area contributed by atoms with E-state index in [2.05, 4.69) is 21.2 Å². The van der Waals surface area contributed by atoms with Gasteiger partial charge in [-0.3, -0.25) is 0 Å². The highest BCUT2D eigenvalue weighted by molar-refractivity contribution is 9.10. The summed E-state index contributed by atoms with van der Waals surface area (Å²) < 4.78 is 37.0. The van der Waals surface area contributed by atoms with Gasteiger partial charge in [0.2, 0.25) is 0 Å². The van der Waals surface area contributed by atoms with Crippen molar-refractivity contribution in [2.24, 2.45) is 0 Å². The first-order chi connectivity index (χ1) is 7.83. The summed E-state index contributed by atoms with van der Waals surface area (Å²) in [6.07, 6.45) is -5.16. The highest BCUT2D eigenvalue weighted by Gasteiger charge is 2.30. The minimum Gasteiger partial charge on any atom is -0.381 e. The van der Waals surface area contributed by atoms with Crippen LogP contribution in [-0.4, -0.2) is 12.2 Å². The molecule has 0 bridgehead atoms. The zero-order valence-electron chi connectivity index (χ0n) is 8.98. The summed E-state index contributed by atoms with van der Waals surface area (Å²) in [5, 5.41) is 11.6. The summed E-state index contributed by atoms with van der Waals surface area (Å²) >= 11 is 3.17. The van der Waals surface area contributed by atoms with Gasteiger partial charge in [0.15, 0.2) is 0 Å². The first-order valence-electron chi connectivity index (χ1n) is 4.85. The van der Waals surface area contributed by atoms with Crippen molar-refractivity contribution in [2.45, 2.75) is 25.6 Å². The minimum absolute atomic E-state index is 0.307. The fourth-order valence-corrected chi connectivity index (χ4v) is 1.88. The van der Waals surface area contributed by atoms with Crippen molar-refractivity contribution in [3.05, 3.63) is 28.2 Å². The van der Waals surface area contributed by atoms with Gasteiger partial charge in [-0.25, -0.2) is 0 Å². The molecule has 0 heterocycles. The van der Waals surface area contributed by atoms with Gasteiger partial charge in [0.05, 0.1) is 17.7 Å². The smallest absolute Gasteiger partial charge is 0.381 e. The van der Waals surface area contributed by atoms with Crippen molar-refractivity contribution >= 4 is 21.6 Å². The molecule has 17 heavy (non-hydrogen) atoms. The van der Waals surface area contributed by atoms with Crippen LogP contribution in [0.2, 0.25) is 0 Å². The van der Waals surface area contributed by atoms with E-state index in [-0.39, 0.29) is 0 Å². The topological polar surface area (TPSA) is 35.8 Å². The van der Waals surface area contributed by atoms with E-state index >= 15 is 0 Å². The summed E-state index contributed by atoms with van der Waals surface area (Å²) in [6, 6.07) is 6.06. The van der Waals surface area contributed by atoms with Crippen molar-refractivity contribution in [3.63, 3.8) is 0 Å². The lowest BCUT2D eigenvalue weighted by Crippen LogP contribution is -2.24. The normalized spacial score (nSPS) is 12.9. The standard InChI is InChI=1S/C11H10BrF3N2/c1-7(5-11(13,14)15)17-10-4-2-3-9(12)8(10)6-16/h2-4,7,17H,5H2,1H3. The van der Waals surface area contributed by atoms with Gasteiger partial charge in [0.1, 0.15) is 6.07 Å². The molecule has 1 unspecified atom stereocenters. The SMILES string of the molecule is CC(CC(F)(F)F)Nc1cccc(Br)c1C#N. The van der Waals surface area contributed by atoms with E-state index in [0.29, 0.717) is 15.7 Å². The molecule has 1 aromatic carbocycles. The Labute approximate surface area is 106 Å². The Hall–Kier alpha value is -1.22. The van der Waals surface area contributed by atoms with Crippen molar-refractivity contribution in [3.8, 4) is 6.07 Å². The molecule has 0 aliphatic rings. The van der Waals surface area contributed by atoms with Crippen LogP contribution in [0.4, 0.5) is 18.9 Å². The Kier molecular flexibility index (Phi) is 4.40. The molecule has 0 saturated carbocycles. The van der Waals surface area contributed by atoms with Crippen LogP contribution in [0.5, 0.6) is 0 Å². The molecule has 0 aromatic heterocycles. The number of alkyl halides is 3. The van der Waals surface area contributed by atoms with Gasteiger partial charge in [0.25, 0.3) is 0 Å². The van der Waals surface area contributed by atoms with Crippen LogP contribution < -0.4 is 5.32 Å². The monoisotopic (exact) mass is 306 g/mol. The second kappa shape index (κ2) is 5.41. The third-order valence-electron chi connectivity index (χ3n) is 2.06. The molecule has 1 aromatic rings. The number of nitrogens with zero attached hydrogens (tertiary/aromatic N) is 1. The van der Waals surface area contributed by atoms with Crippen LogP contribution in [0.15, 0.2) is 22.7 Å². The van der Waals surface area contributed by atoms with Crippen molar-refractivity contribution in [1.29, 1.82) is 5.26 Å². The number of rotatable bonds is 3. The van der Waals surface area contributed by atoms with Crippen LogP contribution in [-0.2, 0) is 0 Å².